The second kappa shape index (κ2) is 30.2. The lowest BCUT2D eigenvalue weighted by Crippen LogP contribution is -2.55. The Kier molecular flexibility index (Phi) is 28.7. The fourth-order valence-corrected chi connectivity index (χ4v) is 5.09. The fraction of sp³-hybridized carbons (Fsp3) is 0.816. The second-order valence-corrected chi connectivity index (χ2v) is 13.4. The number of ether oxygens (including phenoxy) is 3. The van der Waals surface area contributed by atoms with Crippen molar-refractivity contribution >= 4 is 17.9 Å². The van der Waals surface area contributed by atoms with Crippen LogP contribution in [-0.4, -0.2) is 75.5 Å². The van der Waals surface area contributed by atoms with Crippen LogP contribution >= 0.6 is 0 Å². The summed E-state index contributed by atoms with van der Waals surface area (Å²) >= 11 is 0. The molecular weight excluding hydrogens is 582 g/mol. The van der Waals surface area contributed by atoms with Crippen LogP contribution in [0.1, 0.15) is 149 Å². The third kappa shape index (κ3) is 28.1. The first kappa shape index (κ1) is 43.8. The van der Waals surface area contributed by atoms with E-state index >= 15 is 0 Å². The van der Waals surface area contributed by atoms with Gasteiger partial charge < -0.3 is 28.6 Å². The number of nitrogens with zero attached hydrogens (tertiary/aromatic N) is 1. The molecule has 0 N–H and O–H groups in total. The minimum atomic E-state index is -1.13. The quantitative estimate of drug-likeness (QED) is 0.0319. The van der Waals surface area contributed by atoms with Crippen LogP contribution in [0.2, 0.25) is 0 Å². The molecule has 0 aliphatic rings. The molecule has 0 aliphatic heterocycles. The summed E-state index contributed by atoms with van der Waals surface area (Å²) in [6.45, 7) is 4.54. The predicted octanol–water partition coefficient (Wildman–Crippen LogP) is 7.63. The van der Waals surface area contributed by atoms with Gasteiger partial charge in [0, 0.05) is 19.3 Å². The predicted molar refractivity (Wildman–Crippen MR) is 185 cm³/mol. The van der Waals surface area contributed by atoms with E-state index in [2.05, 4.69) is 38.2 Å². The number of carbonyl (C=O) groups is 3. The molecule has 2 unspecified atom stereocenters. The Morgan fingerprint density at radius 2 is 1.09 bits per heavy atom. The average Bonchev–Trinajstić information content (AvgIpc) is 3.00. The summed E-state index contributed by atoms with van der Waals surface area (Å²) < 4.78 is 17.0. The maximum absolute atomic E-state index is 12.6. The first-order valence-electron chi connectivity index (χ1n) is 18.4. The molecule has 0 heterocycles. The molecule has 46 heavy (non-hydrogen) atoms. The van der Waals surface area contributed by atoms with Gasteiger partial charge in [0.05, 0.1) is 40.3 Å². The number of aliphatic carboxylic acids is 1. The number of carboxylic acid groups (broad SMARTS) is 1. The maximum atomic E-state index is 12.6. The van der Waals surface area contributed by atoms with Crippen molar-refractivity contribution in [1.29, 1.82) is 0 Å². The van der Waals surface area contributed by atoms with Crippen molar-refractivity contribution in [3.8, 4) is 0 Å². The number of hydrogen-bond acceptors (Lipinski definition) is 7. The molecule has 0 aromatic rings. The average molecular weight is 652 g/mol. The van der Waals surface area contributed by atoms with Crippen LogP contribution in [0, 0.1) is 0 Å². The summed E-state index contributed by atoms with van der Waals surface area (Å²) in [6, 6.07) is -0.724. The van der Waals surface area contributed by atoms with Gasteiger partial charge in [-0.1, -0.05) is 102 Å². The lowest BCUT2D eigenvalue weighted by atomic mass is 10.1. The van der Waals surface area contributed by atoms with Gasteiger partial charge in [-0.15, -0.1) is 0 Å². The molecule has 0 fully saturated rings. The Labute approximate surface area is 281 Å². The van der Waals surface area contributed by atoms with Gasteiger partial charge in [-0.3, -0.25) is 9.59 Å². The molecule has 2 atom stereocenters. The lowest BCUT2D eigenvalue weighted by molar-refractivity contribution is -0.889. The molecule has 8 nitrogen and oxygen atoms in total. The number of quaternary nitrogens is 1. The van der Waals surface area contributed by atoms with Crippen LogP contribution in [0.4, 0.5) is 0 Å². The largest absolute Gasteiger partial charge is 0.544 e. The number of esters is 2. The van der Waals surface area contributed by atoms with Crippen molar-refractivity contribution in [2.75, 3.05) is 41.0 Å². The smallest absolute Gasteiger partial charge is 0.306 e. The van der Waals surface area contributed by atoms with Gasteiger partial charge in [0.15, 0.2) is 6.10 Å². The van der Waals surface area contributed by atoms with Crippen LogP contribution in [0.3, 0.4) is 0 Å². The molecule has 0 aromatic heterocycles. The number of unbranched alkanes of at least 4 members (excludes halogenated alkanes) is 14. The molecular formula is C38H69NO7. The van der Waals surface area contributed by atoms with E-state index in [4.69, 9.17) is 14.2 Å². The molecule has 8 heteroatoms. The zero-order valence-electron chi connectivity index (χ0n) is 30.2. The molecule has 268 valence electrons. The molecule has 0 saturated carbocycles. The zero-order chi connectivity index (χ0) is 34.3. The number of rotatable bonds is 32. The number of carbonyl (C=O) groups excluding carboxylic acids is 3. The SMILES string of the molecule is CCCC/C=C/CCCCCCCC(=O)OCC(COCCC(C(=O)[O-])[N+](C)(C)C)OC(=O)CCCCCCC/C=C/CCCC. The molecule has 0 aliphatic carbocycles. The Morgan fingerprint density at radius 3 is 1.57 bits per heavy atom. The Balaban J connectivity index is 4.47. The number of carboxylic acids is 1. The van der Waals surface area contributed by atoms with E-state index in [0.717, 1.165) is 70.6 Å². The summed E-state index contributed by atoms with van der Waals surface area (Å²) in [5, 5.41) is 11.5. The van der Waals surface area contributed by atoms with Crippen molar-refractivity contribution in [3.63, 3.8) is 0 Å². The summed E-state index contributed by atoms with van der Waals surface area (Å²) in [5.74, 6) is -1.76. The number of allylic oxidation sites excluding steroid dienone is 4. The van der Waals surface area contributed by atoms with Crippen molar-refractivity contribution in [1.82, 2.24) is 0 Å². The summed E-state index contributed by atoms with van der Waals surface area (Å²) in [7, 11) is 5.38. The first-order chi connectivity index (χ1) is 22.1. The topological polar surface area (TPSA) is 102 Å². The molecule has 0 radical (unpaired) electrons. The first-order valence-corrected chi connectivity index (χ1v) is 18.4. The minimum Gasteiger partial charge on any atom is -0.544 e. The van der Waals surface area contributed by atoms with E-state index in [1.807, 2.05) is 0 Å². The van der Waals surface area contributed by atoms with Gasteiger partial charge in [0.1, 0.15) is 12.6 Å². The van der Waals surface area contributed by atoms with E-state index < -0.39 is 18.1 Å². The van der Waals surface area contributed by atoms with E-state index in [1.54, 1.807) is 21.1 Å². The molecule has 0 rings (SSSR count). The Hall–Kier alpha value is -2.19. The van der Waals surface area contributed by atoms with E-state index in [-0.39, 0.29) is 42.7 Å². The maximum Gasteiger partial charge on any atom is 0.306 e. The molecule has 0 spiro atoms. The van der Waals surface area contributed by atoms with Crippen molar-refractivity contribution in [3.05, 3.63) is 24.3 Å². The highest BCUT2D eigenvalue weighted by Crippen LogP contribution is 2.12. The Morgan fingerprint density at radius 1 is 0.630 bits per heavy atom. The highest BCUT2D eigenvalue weighted by atomic mass is 16.6. The Bertz CT molecular complexity index is 818. The lowest BCUT2D eigenvalue weighted by Gasteiger charge is -2.34. The summed E-state index contributed by atoms with van der Waals surface area (Å²) in [5.41, 5.74) is 0. The van der Waals surface area contributed by atoms with Crippen LogP contribution in [-0.2, 0) is 28.6 Å². The fourth-order valence-electron chi connectivity index (χ4n) is 5.09. The highest BCUT2D eigenvalue weighted by molar-refractivity contribution is 5.70. The normalized spacial score (nSPS) is 13.3. The highest BCUT2D eigenvalue weighted by Gasteiger charge is 2.25. The summed E-state index contributed by atoms with van der Waals surface area (Å²) in [4.78, 5) is 36.5. The van der Waals surface area contributed by atoms with Gasteiger partial charge in [-0.2, -0.15) is 0 Å². The van der Waals surface area contributed by atoms with Crippen LogP contribution in [0.25, 0.3) is 0 Å². The molecule has 0 amide bonds. The number of hydrogen-bond donors (Lipinski definition) is 0. The standard InChI is InChI=1S/C38H69NO7/c1-6-8-10-12-14-16-18-20-22-24-26-28-36(40)45-33-34(32-44-31-30-35(38(42)43)39(3,4)5)46-37(41)29-27-25-23-21-19-17-15-13-11-9-7-2/h12-15,34-35H,6-11,16-33H2,1-5H3/b14-12+,15-13+. The summed E-state index contributed by atoms with van der Waals surface area (Å²) in [6.07, 6.45) is 29.1. The van der Waals surface area contributed by atoms with Gasteiger partial charge >= 0.3 is 11.9 Å². The van der Waals surface area contributed by atoms with Gasteiger partial charge in [0.2, 0.25) is 0 Å². The van der Waals surface area contributed by atoms with Crippen molar-refractivity contribution in [2.45, 2.75) is 161 Å². The molecule has 0 bridgehead atoms. The van der Waals surface area contributed by atoms with Crippen LogP contribution in [0.15, 0.2) is 24.3 Å². The third-order valence-corrected chi connectivity index (χ3v) is 8.06. The van der Waals surface area contributed by atoms with Crippen molar-refractivity contribution in [2.24, 2.45) is 0 Å². The van der Waals surface area contributed by atoms with Gasteiger partial charge in [-0.25, -0.2) is 0 Å². The monoisotopic (exact) mass is 652 g/mol. The van der Waals surface area contributed by atoms with Crippen molar-refractivity contribution < 1.29 is 38.2 Å². The minimum absolute atomic E-state index is 0.0363. The molecule has 0 aromatic carbocycles. The van der Waals surface area contributed by atoms with Crippen LogP contribution < -0.4 is 5.11 Å². The number of likely N-dealkylation sites (N-methyl/N-ethyl adjacent to an activating group) is 1. The second-order valence-electron chi connectivity index (χ2n) is 13.4. The van der Waals surface area contributed by atoms with Crippen LogP contribution in [0.5, 0.6) is 0 Å². The van der Waals surface area contributed by atoms with E-state index in [1.165, 1.54) is 44.9 Å². The van der Waals surface area contributed by atoms with Gasteiger partial charge in [0.25, 0.3) is 0 Å². The van der Waals surface area contributed by atoms with E-state index in [0.29, 0.717) is 12.8 Å². The molecule has 0 saturated heterocycles. The zero-order valence-corrected chi connectivity index (χ0v) is 30.2. The van der Waals surface area contributed by atoms with E-state index in [9.17, 15) is 19.5 Å². The third-order valence-electron chi connectivity index (χ3n) is 8.06. The van der Waals surface area contributed by atoms with Gasteiger partial charge in [-0.05, 0) is 51.4 Å².